The van der Waals surface area contributed by atoms with Crippen molar-refractivity contribution in [1.82, 2.24) is 24.2 Å². The molecule has 130 valence electrons. The average molecular weight is 349 g/mol. The average Bonchev–Trinajstić information content (AvgIpc) is 3.24. The van der Waals surface area contributed by atoms with Crippen LogP contribution in [0.4, 0.5) is 0 Å². The molecular formula is C16H23N5O2S. The molecule has 24 heavy (non-hydrogen) atoms. The van der Waals surface area contributed by atoms with Gasteiger partial charge in [-0.15, -0.1) is 0 Å². The van der Waals surface area contributed by atoms with Gasteiger partial charge in [-0.1, -0.05) is 6.92 Å². The molecule has 0 amide bonds. The zero-order valence-electron chi connectivity index (χ0n) is 14.2. The van der Waals surface area contributed by atoms with E-state index in [1.54, 1.807) is 25.4 Å². The first-order valence-corrected chi connectivity index (χ1v) is 9.75. The Morgan fingerprint density at radius 3 is 2.75 bits per heavy atom. The van der Waals surface area contributed by atoms with Crippen molar-refractivity contribution in [3.05, 3.63) is 35.8 Å². The second-order valence-corrected chi connectivity index (χ2v) is 8.00. The van der Waals surface area contributed by atoms with E-state index in [1.165, 1.54) is 12.8 Å². The lowest BCUT2D eigenvalue weighted by atomic mass is 10.3. The molecule has 0 spiro atoms. The van der Waals surface area contributed by atoms with Gasteiger partial charge in [0.05, 0.1) is 6.04 Å². The second kappa shape index (κ2) is 6.60. The van der Waals surface area contributed by atoms with Crippen LogP contribution in [0.3, 0.4) is 0 Å². The molecule has 1 N–H and O–H groups in total. The summed E-state index contributed by atoms with van der Waals surface area (Å²) in [7, 11) is -3.71. The van der Waals surface area contributed by atoms with Gasteiger partial charge in [0.2, 0.25) is 0 Å². The van der Waals surface area contributed by atoms with E-state index < -0.39 is 16.1 Å². The van der Waals surface area contributed by atoms with Crippen molar-refractivity contribution in [3.63, 3.8) is 0 Å². The third kappa shape index (κ3) is 3.81. The molecule has 1 saturated carbocycles. The first kappa shape index (κ1) is 17.0. The number of hydrogen-bond acceptors (Lipinski definition) is 5. The Morgan fingerprint density at radius 2 is 2.12 bits per heavy atom. The minimum absolute atomic E-state index is 0.0690. The van der Waals surface area contributed by atoms with Crippen LogP contribution in [0.2, 0.25) is 0 Å². The van der Waals surface area contributed by atoms with Crippen molar-refractivity contribution in [2.45, 2.75) is 57.6 Å². The highest BCUT2D eigenvalue weighted by atomic mass is 32.2. The summed E-state index contributed by atoms with van der Waals surface area (Å²) in [5.41, 5.74) is 0.799. The van der Waals surface area contributed by atoms with Crippen LogP contribution in [0.15, 0.2) is 23.5 Å². The monoisotopic (exact) mass is 349 g/mol. The molecule has 8 heteroatoms. The third-order valence-electron chi connectivity index (χ3n) is 4.11. The number of rotatable bonds is 7. The first-order chi connectivity index (χ1) is 11.4. The quantitative estimate of drug-likeness (QED) is 0.826. The van der Waals surface area contributed by atoms with Crippen LogP contribution in [0, 0.1) is 12.8 Å². The fraction of sp³-hybridized carbons (Fsp3) is 0.562. The summed E-state index contributed by atoms with van der Waals surface area (Å²) >= 11 is 0. The Morgan fingerprint density at radius 1 is 1.38 bits per heavy atom. The Labute approximate surface area is 142 Å². The normalized spacial score (nSPS) is 16.3. The lowest BCUT2D eigenvalue weighted by molar-refractivity contribution is 0.555. The molecule has 7 nitrogen and oxygen atoms in total. The maximum atomic E-state index is 12.6. The van der Waals surface area contributed by atoms with E-state index in [4.69, 9.17) is 0 Å². The number of nitrogens with one attached hydrogen (secondary N) is 1. The van der Waals surface area contributed by atoms with Crippen LogP contribution < -0.4 is 4.72 Å². The van der Waals surface area contributed by atoms with Crippen LogP contribution in [0.25, 0.3) is 0 Å². The van der Waals surface area contributed by atoms with Crippen molar-refractivity contribution in [1.29, 1.82) is 0 Å². The van der Waals surface area contributed by atoms with E-state index in [9.17, 15) is 8.42 Å². The topological polar surface area (TPSA) is 89.8 Å². The highest BCUT2D eigenvalue weighted by molar-refractivity contribution is 7.89. The summed E-state index contributed by atoms with van der Waals surface area (Å²) < 4.78 is 29.9. The van der Waals surface area contributed by atoms with Gasteiger partial charge in [-0.25, -0.2) is 23.4 Å². The van der Waals surface area contributed by atoms with Crippen LogP contribution in [0.5, 0.6) is 0 Å². The summed E-state index contributed by atoms with van der Waals surface area (Å²) in [6, 6.07) is 1.26. The van der Waals surface area contributed by atoms with Gasteiger partial charge in [-0.2, -0.15) is 4.72 Å². The fourth-order valence-electron chi connectivity index (χ4n) is 2.60. The third-order valence-corrected chi connectivity index (χ3v) is 5.52. The van der Waals surface area contributed by atoms with Gasteiger partial charge in [0.1, 0.15) is 11.6 Å². The van der Waals surface area contributed by atoms with Gasteiger partial charge in [-0.05, 0) is 38.7 Å². The summed E-state index contributed by atoms with van der Waals surface area (Å²) in [6.07, 6.45) is 6.40. The zero-order chi connectivity index (χ0) is 17.3. The molecule has 0 aliphatic heterocycles. The number of imidazole rings is 1. The summed E-state index contributed by atoms with van der Waals surface area (Å²) in [5.74, 6) is 1.92. The van der Waals surface area contributed by atoms with Crippen molar-refractivity contribution < 1.29 is 8.42 Å². The molecule has 1 aliphatic carbocycles. The highest BCUT2D eigenvalue weighted by Gasteiger charge is 2.27. The predicted molar refractivity (Wildman–Crippen MR) is 89.8 cm³/mol. The molecule has 2 aromatic heterocycles. The Balaban J connectivity index is 1.80. The SMILES string of the molecule is CCc1nc(S(=O)(=O)NC(C)c2nccc(C)n2)cn1CC1CC1. The second-order valence-electron chi connectivity index (χ2n) is 6.34. The largest absolute Gasteiger partial charge is 0.333 e. The Hall–Kier alpha value is -1.80. The molecule has 2 aromatic rings. The zero-order valence-corrected chi connectivity index (χ0v) is 15.0. The van der Waals surface area contributed by atoms with Crippen LogP contribution in [-0.2, 0) is 23.0 Å². The molecule has 1 aliphatic rings. The van der Waals surface area contributed by atoms with Crippen molar-refractivity contribution in [2.24, 2.45) is 5.92 Å². The van der Waals surface area contributed by atoms with E-state index in [0.717, 1.165) is 18.1 Å². The summed E-state index contributed by atoms with van der Waals surface area (Å²) in [4.78, 5) is 12.7. The summed E-state index contributed by atoms with van der Waals surface area (Å²) in [5, 5.41) is 0.0690. The van der Waals surface area contributed by atoms with Gasteiger partial charge >= 0.3 is 0 Å². The number of nitrogens with zero attached hydrogens (tertiary/aromatic N) is 4. The number of sulfonamides is 1. The minimum atomic E-state index is -3.71. The first-order valence-electron chi connectivity index (χ1n) is 8.27. The van der Waals surface area contributed by atoms with Crippen LogP contribution in [-0.4, -0.2) is 27.9 Å². The maximum absolute atomic E-state index is 12.6. The molecule has 0 radical (unpaired) electrons. The molecule has 1 unspecified atom stereocenters. The van der Waals surface area contributed by atoms with Crippen LogP contribution in [0.1, 0.15) is 50.1 Å². The smallest absolute Gasteiger partial charge is 0.260 e. The van der Waals surface area contributed by atoms with Gasteiger partial charge in [0, 0.05) is 31.1 Å². The lowest BCUT2D eigenvalue weighted by Gasteiger charge is -2.12. The van der Waals surface area contributed by atoms with E-state index in [1.807, 2.05) is 18.4 Å². The van der Waals surface area contributed by atoms with Gasteiger partial charge in [0.15, 0.2) is 5.03 Å². The van der Waals surface area contributed by atoms with E-state index in [2.05, 4.69) is 19.7 Å². The van der Waals surface area contributed by atoms with Crippen molar-refractivity contribution in [3.8, 4) is 0 Å². The number of aromatic nitrogens is 4. The van der Waals surface area contributed by atoms with E-state index >= 15 is 0 Å². The van der Waals surface area contributed by atoms with Crippen molar-refractivity contribution >= 4 is 10.0 Å². The lowest BCUT2D eigenvalue weighted by Crippen LogP contribution is -2.28. The highest BCUT2D eigenvalue weighted by Crippen LogP contribution is 2.31. The number of aryl methyl sites for hydroxylation is 2. The minimum Gasteiger partial charge on any atom is -0.333 e. The predicted octanol–water partition coefficient (Wildman–Crippen LogP) is 1.99. The van der Waals surface area contributed by atoms with Gasteiger partial charge < -0.3 is 4.57 Å². The number of hydrogen-bond donors (Lipinski definition) is 1. The molecule has 1 fully saturated rings. The van der Waals surface area contributed by atoms with E-state index in [0.29, 0.717) is 18.2 Å². The standard InChI is InChI=1S/C16H23N5O2S/c1-4-14-19-15(10-21(14)9-13-5-6-13)24(22,23)20-12(3)16-17-8-7-11(2)18-16/h7-8,10,12-13,20H,4-6,9H2,1-3H3. The maximum Gasteiger partial charge on any atom is 0.260 e. The fourth-order valence-corrected chi connectivity index (χ4v) is 3.78. The summed E-state index contributed by atoms with van der Waals surface area (Å²) in [6.45, 7) is 6.41. The Bertz CT molecular complexity index is 827. The molecule has 0 aromatic carbocycles. The molecular weight excluding hydrogens is 326 g/mol. The molecule has 1 atom stereocenters. The van der Waals surface area contributed by atoms with E-state index in [-0.39, 0.29) is 5.03 Å². The Kier molecular flexibility index (Phi) is 4.69. The molecule has 2 heterocycles. The van der Waals surface area contributed by atoms with Crippen LogP contribution >= 0.6 is 0 Å². The molecule has 0 bridgehead atoms. The van der Waals surface area contributed by atoms with Crippen molar-refractivity contribution in [2.75, 3.05) is 0 Å². The molecule has 0 saturated heterocycles. The van der Waals surface area contributed by atoms with Gasteiger partial charge in [-0.3, -0.25) is 0 Å². The molecule has 3 rings (SSSR count). The van der Waals surface area contributed by atoms with Gasteiger partial charge in [0.25, 0.3) is 10.0 Å².